The summed E-state index contributed by atoms with van der Waals surface area (Å²) in [6.45, 7) is 3.51. The van der Waals surface area contributed by atoms with Crippen molar-refractivity contribution in [2.24, 2.45) is 0 Å². The highest BCUT2D eigenvalue weighted by molar-refractivity contribution is 5.90. The van der Waals surface area contributed by atoms with Gasteiger partial charge in [-0.1, -0.05) is 25.0 Å². The van der Waals surface area contributed by atoms with E-state index in [4.69, 9.17) is 14.7 Å². The maximum absolute atomic E-state index is 5.12. The zero-order chi connectivity index (χ0) is 15.2. The molecule has 1 aromatic heterocycles. The van der Waals surface area contributed by atoms with E-state index in [2.05, 4.69) is 22.3 Å². The molecule has 118 valence electrons. The molecule has 0 aliphatic carbocycles. The first-order valence-electron chi connectivity index (χ1n) is 8.13. The fraction of sp³-hybridized carbons (Fsp3) is 0.529. The predicted octanol–water partition coefficient (Wildman–Crippen LogP) is 3.07. The molecule has 22 heavy (non-hydrogen) atoms. The molecule has 0 bridgehead atoms. The van der Waals surface area contributed by atoms with Gasteiger partial charge in [-0.3, -0.25) is 0 Å². The Morgan fingerprint density at radius 2 is 1.86 bits per heavy atom. The minimum Gasteiger partial charge on any atom is -0.383 e. The van der Waals surface area contributed by atoms with Gasteiger partial charge < -0.3 is 15.0 Å². The van der Waals surface area contributed by atoms with Crippen LogP contribution >= 0.6 is 0 Å². The van der Waals surface area contributed by atoms with Crippen LogP contribution in [0.15, 0.2) is 24.3 Å². The summed E-state index contributed by atoms with van der Waals surface area (Å²) in [7, 11) is 1.71. The number of benzene rings is 1. The highest BCUT2D eigenvalue weighted by Gasteiger charge is 2.15. The van der Waals surface area contributed by atoms with Gasteiger partial charge >= 0.3 is 0 Å². The fourth-order valence-corrected chi connectivity index (χ4v) is 2.88. The fourth-order valence-electron chi connectivity index (χ4n) is 2.88. The van der Waals surface area contributed by atoms with E-state index >= 15 is 0 Å². The first-order valence-corrected chi connectivity index (χ1v) is 8.13. The molecule has 1 aliphatic heterocycles. The van der Waals surface area contributed by atoms with Gasteiger partial charge in [-0.05, 0) is 25.0 Å². The predicted molar refractivity (Wildman–Crippen MR) is 90.6 cm³/mol. The van der Waals surface area contributed by atoms with Crippen molar-refractivity contribution in [1.82, 2.24) is 9.97 Å². The third-order valence-corrected chi connectivity index (χ3v) is 4.08. The van der Waals surface area contributed by atoms with Crippen molar-refractivity contribution in [3.8, 4) is 0 Å². The molecule has 1 aromatic carbocycles. The van der Waals surface area contributed by atoms with Crippen LogP contribution in [0.5, 0.6) is 0 Å². The highest BCUT2D eigenvalue weighted by atomic mass is 16.5. The van der Waals surface area contributed by atoms with Crippen LogP contribution in [-0.4, -0.2) is 43.3 Å². The number of fused-ring (bicyclic) bond motifs is 1. The molecule has 1 saturated heterocycles. The van der Waals surface area contributed by atoms with Crippen LogP contribution in [0, 0.1) is 0 Å². The van der Waals surface area contributed by atoms with Crippen LogP contribution in [0.4, 0.5) is 11.8 Å². The monoisotopic (exact) mass is 300 g/mol. The minimum absolute atomic E-state index is 0.664. The summed E-state index contributed by atoms with van der Waals surface area (Å²) >= 11 is 0. The lowest BCUT2D eigenvalue weighted by Crippen LogP contribution is -2.26. The number of nitrogens with zero attached hydrogens (tertiary/aromatic N) is 3. The van der Waals surface area contributed by atoms with Crippen LogP contribution in [0.1, 0.15) is 25.7 Å². The largest absolute Gasteiger partial charge is 0.383 e. The number of ether oxygens (including phenoxy) is 1. The smallest absolute Gasteiger partial charge is 0.227 e. The maximum Gasteiger partial charge on any atom is 0.227 e. The summed E-state index contributed by atoms with van der Waals surface area (Å²) in [4.78, 5) is 11.9. The molecule has 0 amide bonds. The standard InChI is InChI=1S/C17H24N4O/c1-22-13-10-18-16-14-8-4-5-9-15(14)19-17(20-16)21-11-6-2-3-7-12-21/h4-5,8-9H,2-3,6-7,10-13H2,1H3,(H,18,19,20). The van der Waals surface area contributed by atoms with Crippen molar-refractivity contribution < 1.29 is 4.74 Å². The number of nitrogens with one attached hydrogen (secondary N) is 1. The number of rotatable bonds is 5. The van der Waals surface area contributed by atoms with E-state index in [0.717, 1.165) is 42.3 Å². The van der Waals surface area contributed by atoms with Gasteiger partial charge in [0.25, 0.3) is 0 Å². The molecule has 0 radical (unpaired) electrons. The van der Waals surface area contributed by atoms with Crippen molar-refractivity contribution >= 4 is 22.7 Å². The molecule has 0 saturated carbocycles. The Labute approximate surface area is 131 Å². The minimum atomic E-state index is 0.664. The first kappa shape index (κ1) is 15.0. The quantitative estimate of drug-likeness (QED) is 0.860. The molecular formula is C17H24N4O. The van der Waals surface area contributed by atoms with Crippen LogP contribution in [-0.2, 0) is 4.74 Å². The number of hydrogen-bond acceptors (Lipinski definition) is 5. The average Bonchev–Trinajstić information content (AvgIpc) is 2.84. The second-order valence-electron chi connectivity index (χ2n) is 5.71. The van der Waals surface area contributed by atoms with Crippen molar-refractivity contribution in [3.05, 3.63) is 24.3 Å². The van der Waals surface area contributed by atoms with E-state index < -0.39 is 0 Å². The Hall–Kier alpha value is -1.88. The molecule has 5 heteroatoms. The Bertz CT molecular complexity index is 609. The second kappa shape index (κ2) is 7.40. The van der Waals surface area contributed by atoms with E-state index in [1.807, 2.05) is 12.1 Å². The summed E-state index contributed by atoms with van der Waals surface area (Å²) in [6.07, 6.45) is 5.07. The molecule has 3 rings (SSSR count). The van der Waals surface area contributed by atoms with Crippen molar-refractivity contribution in [2.75, 3.05) is 43.6 Å². The summed E-state index contributed by atoms with van der Waals surface area (Å²) in [5, 5.41) is 4.45. The Balaban J connectivity index is 1.92. The van der Waals surface area contributed by atoms with E-state index in [-0.39, 0.29) is 0 Å². The normalized spacial score (nSPS) is 15.8. The molecule has 5 nitrogen and oxygen atoms in total. The molecule has 1 fully saturated rings. The van der Waals surface area contributed by atoms with Gasteiger partial charge in [-0.25, -0.2) is 4.98 Å². The van der Waals surface area contributed by atoms with Crippen LogP contribution in [0.3, 0.4) is 0 Å². The molecule has 1 N–H and O–H groups in total. The SMILES string of the molecule is COCCNc1nc(N2CCCCCC2)nc2ccccc12. The van der Waals surface area contributed by atoms with E-state index in [1.54, 1.807) is 7.11 Å². The molecule has 0 spiro atoms. The number of anilines is 2. The third-order valence-electron chi connectivity index (χ3n) is 4.08. The number of methoxy groups -OCH3 is 1. The van der Waals surface area contributed by atoms with Gasteiger partial charge in [-0.15, -0.1) is 0 Å². The molecule has 2 heterocycles. The van der Waals surface area contributed by atoms with Gasteiger partial charge in [0, 0.05) is 32.1 Å². The number of hydrogen-bond donors (Lipinski definition) is 1. The maximum atomic E-state index is 5.12. The van der Waals surface area contributed by atoms with Gasteiger partial charge in [0.05, 0.1) is 12.1 Å². The lowest BCUT2D eigenvalue weighted by atomic mass is 10.2. The topological polar surface area (TPSA) is 50.3 Å². The van der Waals surface area contributed by atoms with E-state index in [9.17, 15) is 0 Å². The summed E-state index contributed by atoms with van der Waals surface area (Å²) in [5.41, 5.74) is 0.997. The first-order chi connectivity index (χ1) is 10.9. The van der Waals surface area contributed by atoms with Crippen LogP contribution < -0.4 is 10.2 Å². The molecule has 0 unspecified atom stereocenters. The molecule has 2 aromatic rings. The van der Waals surface area contributed by atoms with Gasteiger partial charge in [0.2, 0.25) is 5.95 Å². The zero-order valence-electron chi connectivity index (χ0n) is 13.2. The number of para-hydroxylation sites is 1. The molecule has 1 aliphatic rings. The van der Waals surface area contributed by atoms with E-state index in [1.165, 1.54) is 25.7 Å². The molecular weight excluding hydrogens is 276 g/mol. The zero-order valence-corrected chi connectivity index (χ0v) is 13.2. The van der Waals surface area contributed by atoms with Gasteiger partial charge in [-0.2, -0.15) is 4.98 Å². The summed E-state index contributed by atoms with van der Waals surface area (Å²) < 4.78 is 5.12. The van der Waals surface area contributed by atoms with Gasteiger partial charge in [0.15, 0.2) is 0 Å². The van der Waals surface area contributed by atoms with Crippen LogP contribution in [0.2, 0.25) is 0 Å². The summed E-state index contributed by atoms with van der Waals surface area (Å²) in [5.74, 6) is 1.75. The highest BCUT2D eigenvalue weighted by Crippen LogP contribution is 2.24. The molecule has 0 atom stereocenters. The second-order valence-corrected chi connectivity index (χ2v) is 5.71. The van der Waals surface area contributed by atoms with Gasteiger partial charge in [0.1, 0.15) is 5.82 Å². The Morgan fingerprint density at radius 3 is 2.64 bits per heavy atom. The van der Waals surface area contributed by atoms with Crippen molar-refractivity contribution in [1.29, 1.82) is 0 Å². The lowest BCUT2D eigenvalue weighted by Gasteiger charge is -2.21. The third kappa shape index (κ3) is 3.47. The Morgan fingerprint density at radius 1 is 1.09 bits per heavy atom. The lowest BCUT2D eigenvalue weighted by molar-refractivity contribution is 0.210. The number of aromatic nitrogens is 2. The van der Waals surface area contributed by atoms with Crippen LogP contribution in [0.25, 0.3) is 10.9 Å². The van der Waals surface area contributed by atoms with E-state index in [0.29, 0.717) is 6.61 Å². The van der Waals surface area contributed by atoms with Crippen molar-refractivity contribution in [3.63, 3.8) is 0 Å². The Kier molecular flexibility index (Phi) is 5.06. The van der Waals surface area contributed by atoms with Crippen molar-refractivity contribution in [2.45, 2.75) is 25.7 Å². The summed E-state index contributed by atoms with van der Waals surface area (Å²) in [6, 6.07) is 8.18. The average molecular weight is 300 g/mol.